The van der Waals surface area contributed by atoms with Gasteiger partial charge in [0, 0.05) is 13.0 Å². The highest BCUT2D eigenvalue weighted by atomic mass is 31.2. The Labute approximate surface area is 342 Å². The summed E-state index contributed by atoms with van der Waals surface area (Å²) in [4.78, 5) is 25.1. The number of ether oxygens (including phenoxy) is 2. The minimum Gasteiger partial charge on any atom is -0.756 e. The second-order valence-corrected chi connectivity index (χ2v) is 18.9. The molecule has 0 spiro atoms. The molecule has 0 saturated heterocycles. The van der Waals surface area contributed by atoms with Crippen molar-refractivity contribution in [2.24, 2.45) is 0 Å². The van der Waals surface area contributed by atoms with Crippen LogP contribution in [0, 0.1) is 0 Å². The molecule has 0 fully saturated rings. The number of likely N-dealkylation sites (N-methyl/N-ethyl adjacent to an activating group) is 1. The van der Waals surface area contributed by atoms with E-state index in [2.05, 4.69) is 13.8 Å². The zero-order valence-corrected chi connectivity index (χ0v) is 38.3. The molecule has 0 amide bonds. The number of carbonyl (C=O) groups excluding carboxylic acids is 1. The SMILES string of the molecule is CCCCCCCCCCCCCCCCCCCCCCOC[C@H](COP(=O)([O-])OCC[N+](C)(C)C)OC(=O)CCCCCCCCCCCCCCC. The molecule has 9 heteroatoms. The first kappa shape index (κ1) is 54.5. The molecule has 8 nitrogen and oxygen atoms in total. The highest BCUT2D eigenvalue weighted by Gasteiger charge is 2.20. The van der Waals surface area contributed by atoms with E-state index in [1.54, 1.807) is 0 Å². The normalized spacial score (nSPS) is 13.6. The molecule has 0 aliphatic heterocycles. The van der Waals surface area contributed by atoms with Gasteiger partial charge in [0.2, 0.25) is 0 Å². The van der Waals surface area contributed by atoms with E-state index < -0.39 is 13.9 Å². The van der Waals surface area contributed by atoms with E-state index in [9.17, 15) is 14.3 Å². The number of phosphoric acid groups is 1. The van der Waals surface area contributed by atoms with E-state index in [1.807, 2.05) is 21.1 Å². The Kier molecular flexibility index (Phi) is 39.9. The van der Waals surface area contributed by atoms with Crippen LogP contribution in [0.2, 0.25) is 0 Å². The number of carbonyl (C=O) groups is 1. The quantitative estimate of drug-likeness (QED) is 0.0262. The predicted molar refractivity (Wildman–Crippen MR) is 231 cm³/mol. The molecule has 2 atom stereocenters. The summed E-state index contributed by atoms with van der Waals surface area (Å²) < 4.78 is 34.7. The minimum absolute atomic E-state index is 0.0315. The molecule has 0 heterocycles. The molecule has 330 valence electrons. The lowest BCUT2D eigenvalue weighted by Crippen LogP contribution is -2.37. The van der Waals surface area contributed by atoms with Gasteiger partial charge in [-0.2, -0.15) is 0 Å². The van der Waals surface area contributed by atoms with Crippen LogP contribution in [0.4, 0.5) is 0 Å². The molecule has 55 heavy (non-hydrogen) atoms. The first-order valence-electron chi connectivity index (χ1n) is 23.8. The molecule has 0 bridgehead atoms. The highest BCUT2D eigenvalue weighted by Crippen LogP contribution is 2.38. The number of hydrogen-bond donors (Lipinski definition) is 0. The third-order valence-corrected chi connectivity index (χ3v) is 11.6. The third-order valence-electron chi connectivity index (χ3n) is 10.7. The Morgan fingerprint density at radius 1 is 0.491 bits per heavy atom. The first-order chi connectivity index (χ1) is 26.6. The Hall–Kier alpha value is -0.500. The van der Waals surface area contributed by atoms with Gasteiger partial charge in [-0.25, -0.2) is 0 Å². The summed E-state index contributed by atoms with van der Waals surface area (Å²) in [6, 6.07) is 0. The van der Waals surface area contributed by atoms with Gasteiger partial charge in [-0.3, -0.25) is 9.36 Å². The maximum absolute atomic E-state index is 12.7. The van der Waals surface area contributed by atoms with Gasteiger partial charge in [-0.05, 0) is 12.8 Å². The van der Waals surface area contributed by atoms with E-state index >= 15 is 0 Å². The summed E-state index contributed by atoms with van der Waals surface area (Å²) in [6.45, 7) is 5.47. The van der Waals surface area contributed by atoms with Gasteiger partial charge in [0.1, 0.15) is 19.3 Å². The van der Waals surface area contributed by atoms with E-state index in [0.29, 0.717) is 24.1 Å². The lowest BCUT2D eigenvalue weighted by Gasteiger charge is -2.28. The van der Waals surface area contributed by atoms with Gasteiger partial charge in [0.05, 0.1) is 34.4 Å². The number of esters is 1. The number of hydrogen-bond acceptors (Lipinski definition) is 7. The van der Waals surface area contributed by atoms with Gasteiger partial charge in [-0.15, -0.1) is 0 Å². The van der Waals surface area contributed by atoms with Crippen LogP contribution in [0.3, 0.4) is 0 Å². The van der Waals surface area contributed by atoms with Gasteiger partial charge in [0.25, 0.3) is 7.82 Å². The zero-order chi connectivity index (χ0) is 40.6. The second kappa shape index (κ2) is 40.3. The molecule has 0 aliphatic rings. The molecule has 0 aromatic carbocycles. The van der Waals surface area contributed by atoms with Gasteiger partial charge < -0.3 is 27.9 Å². The van der Waals surface area contributed by atoms with Crippen LogP contribution in [-0.4, -0.2) is 70.7 Å². The first-order valence-corrected chi connectivity index (χ1v) is 25.2. The molecule has 0 rings (SSSR count). The van der Waals surface area contributed by atoms with Crippen molar-refractivity contribution in [1.82, 2.24) is 0 Å². The zero-order valence-electron chi connectivity index (χ0n) is 37.4. The number of nitrogens with zero attached hydrogens (tertiary/aromatic N) is 1. The van der Waals surface area contributed by atoms with Crippen LogP contribution in [0.5, 0.6) is 0 Å². The molecule has 1 unspecified atom stereocenters. The summed E-state index contributed by atoms with van der Waals surface area (Å²) in [5, 5.41) is 0. The summed E-state index contributed by atoms with van der Waals surface area (Å²) in [7, 11) is 1.38. The largest absolute Gasteiger partial charge is 0.756 e. The number of rotatable bonds is 45. The Balaban J connectivity index is 4.09. The number of unbranched alkanes of at least 4 members (excludes halogenated alkanes) is 31. The molecule has 0 saturated carbocycles. The van der Waals surface area contributed by atoms with E-state index in [1.165, 1.54) is 180 Å². The average Bonchev–Trinajstić information content (AvgIpc) is 3.13. The molecule has 0 aliphatic carbocycles. The van der Waals surface area contributed by atoms with Crippen molar-refractivity contribution in [3.05, 3.63) is 0 Å². The maximum atomic E-state index is 12.7. The molecule has 0 radical (unpaired) electrons. The van der Waals surface area contributed by atoms with Crippen LogP contribution in [0.15, 0.2) is 0 Å². The van der Waals surface area contributed by atoms with Crippen LogP contribution in [0.1, 0.15) is 232 Å². The van der Waals surface area contributed by atoms with Gasteiger partial charge in [-0.1, -0.05) is 213 Å². The standard InChI is InChI=1S/C46H94NO7P/c1-6-8-10-12-14-16-18-20-21-22-23-24-25-26-28-30-32-34-36-38-41-51-43-45(44-53-55(49,50)52-42-40-47(3,4)5)54-46(48)39-37-35-33-31-29-27-19-17-15-13-11-9-7-2/h45H,6-44H2,1-5H3/t45-/m1/s1. The van der Waals surface area contributed by atoms with Crippen molar-refractivity contribution in [2.75, 3.05) is 54.1 Å². The van der Waals surface area contributed by atoms with Crippen molar-refractivity contribution < 1.29 is 37.3 Å². The van der Waals surface area contributed by atoms with Crippen LogP contribution >= 0.6 is 7.82 Å². The Morgan fingerprint density at radius 2 is 0.836 bits per heavy atom. The average molecular weight is 804 g/mol. The fourth-order valence-corrected chi connectivity index (χ4v) is 7.69. The molecule has 0 aromatic heterocycles. The van der Waals surface area contributed by atoms with Gasteiger partial charge in [0.15, 0.2) is 0 Å². The van der Waals surface area contributed by atoms with E-state index in [0.717, 1.165) is 32.1 Å². The number of phosphoric ester groups is 1. The lowest BCUT2D eigenvalue weighted by atomic mass is 10.0. The Morgan fingerprint density at radius 3 is 1.20 bits per heavy atom. The van der Waals surface area contributed by atoms with Crippen molar-refractivity contribution in [3.63, 3.8) is 0 Å². The highest BCUT2D eigenvalue weighted by molar-refractivity contribution is 7.45. The second-order valence-electron chi connectivity index (χ2n) is 17.5. The van der Waals surface area contributed by atoms with E-state index in [4.69, 9.17) is 18.5 Å². The van der Waals surface area contributed by atoms with Crippen molar-refractivity contribution >= 4 is 13.8 Å². The van der Waals surface area contributed by atoms with Gasteiger partial charge >= 0.3 is 5.97 Å². The maximum Gasteiger partial charge on any atom is 0.306 e. The van der Waals surface area contributed by atoms with E-state index in [-0.39, 0.29) is 25.8 Å². The topological polar surface area (TPSA) is 94.1 Å². The minimum atomic E-state index is -4.52. The predicted octanol–water partition coefficient (Wildman–Crippen LogP) is 13.4. The molecule has 0 aromatic rings. The summed E-state index contributed by atoms with van der Waals surface area (Å²) in [6.07, 6.45) is 42.6. The lowest BCUT2D eigenvalue weighted by molar-refractivity contribution is -0.870. The summed E-state index contributed by atoms with van der Waals surface area (Å²) in [5.41, 5.74) is 0. The van der Waals surface area contributed by atoms with Crippen molar-refractivity contribution in [2.45, 2.75) is 238 Å². The third kappa shape index (κ3) is 44.4. The summed E-state index contributed by atoms with van der Waals surface area (Å²) in [5.74, 6) is -0.328. The van der Waals surface area contributed by atoms with Crippen LogP contribution < -0.4 is 4.89 Å². The summed E-state index contributed by atoms with van der Waals surface area (Å²) >= 11 is 0. The van der Waals surface area contributed by atoms with Crippen LogP contribution in [0.25, 0.3) is 0 Å². The molecular weight excluding hydrogens is 709 g/mol. The Bertz CT molecular complexity index is 853. The monoisotopic (exact) mass is 804 g/mol. The molecular formula is C46H94NO7P. The fourth-order valence-electron chi connectivity index (χ4n) is 6.96. The number of quaternary nitrogens is 1. The smallest absolute Gasteiger partial charge is 0.306 e. The van der Waals surface area contributed by atoms with Crippen molar-refractivity contribution in [1.29, 1.82) is 0 Å². The fraction of sp³-hybridized carbons (Fsp3) is 0.978. The van der Waals surface area contributed by atoms with Crippen LogP contribution in [-0.2, 0) is 27.9 Å². The van der Waals surface area contributed by atoms with Crippen molar-refractivity contribution in [3.8, 4) is 0 Å². The molecule has 0 N–H and O–H groups in total.